The first-order chi connectivity index (χ1) is 20.3. The number of sulfonamides is 1. The SMILES string of the molecule is CCOC(=O)C(Cc1ccc(O)c([N+](=O)[O-])c1)NC(=O)CCC(=O)Nc1ccc(S(=O)(=O)Nc2nc(C)cc(C)n2)cc1. The molecular formula is C27H30N6O9S. The Morgan fingerprint density at radius 2 is 1.63 bits per heavy atom. The molecule has 1 unspecified atom stereocenters. The quantitative estimate of drug-likeness (QED) is 0.124. The number of hydrogen-bond donors (Lipinski definition) is 4. The molecule has 16 heteroatoms. The van der Waals surface area contributed by atoms with Gasteiger partial charge in [0, 0.05) is 42.4 Å². The second-order valence-corrected chi connectivity index (χ2v) is 11.0. The predicted octanol–water partition coefficient (Wildman–Crippen LogP) is 2.52. The Morgan fingerprint density at radius 1 is 1.00 bits per heavy atom. The van der Waals surface area contributed by atoms with E-state index in [1.807, 2.05) is 0 Å². The molecule has 1 heterocycles. The van der Waals surface area contributed by atoms with Gasteiger partial charge in [-0.05, 0) is 62.7 Å². The van der Waals surface area contributed by atoms with E-state index in [0.717, 1.165) is 12.1 Å². The second kappa shape index (κ2) is 14.2. The number of nitrogens with zero attached hydrogens (tertiary/aromatic N) is 3. The van der Waals surface area contributed by atoms with E-state index in [2.05, 4.69) is 25.3 Å². The van der Waals surface area contributed by atoms with Crippen molar-refractivity contribution in [3.05, 3.63) is 75.6 Å². The van der Waals surface area contributed by atoms with Crippen molar-refractivity contribution >= 4 is 45.1 Å². The second-order valence-electron chi connectivity index (χ2n) is 9.31. The number of rotatable bonds is 13. The molecule has 228 valence electrons. The largest absolute Gasteiger partial charge is 0.502 e. The van der Waals surface area contributed by atoms with Crippen molar-refractivity contribution in [2.24, 2.45) is 0 Å². The molecule has 1 atom stereocenters. The normalized spacial score (nSPS) is 11.7. The lowest BCUT2D eigenvalue weighted by Gasteiger charge is -2.17. The molecule has 2 aromatic carbocycles. The Bertz CT molecular complexity index is 1610. The number of aromatic nitrogens is 2. The maximum atomic E-state index is 12.7. The number of phenols is 1. The number of nitro groups is 1. The summed E-state index contributed by atoms with van der Waals surface area (Å²) in [6, 6.07) is 9.39. The highest BCUT2D eigenvalue weighted by Crippen LogP contribution is 2.27. The molecule has 4 N–H and O–H groups in total. The number of anilines is 2. The summed E-state index contributed by atoms with van der Waals surface area (Å²) < 4.78 is 32.7. The van der Waals surface area contributed by atoms with E-state index in [0.29, 0.717) is 17.0 Å². The van der Waals surface area contributed by atoms with Crippen LogP contribution < -0.4 is 15.4 Å². The predicted molar refractivity (Wildman–Crippen MR) is 154 cm³/mol. The summed E-state index contributed by atoms with van der Waals surface area (Å²) in [6.45, 7) is 5.02. The minimum Gasteiger partial charge on any atom is -0.502 e. The fourth-order valence-electron chi connectivity index (χ4n) is 3.90. The topological polar surface area (TPSA) is 220 Å². The third kappa shape index (κ3) is 9.46. The Morgan fingerprint density at radius 3 is 2.23 bits per heavy atom. The minimum absolute atomic E-state index is 0.0267. The van der Waals surface area contributed by atoms with Crippen LogP contribution in [-0.2, 0) is 35.6 Å². The third-order valence-electron chi connectivity index (χ3n) is 5.82. The fraction of sp³-hybridized carbons (Fsp3) is 0.296. The van der Waals surface area contributed by atoms with Crippen LogP contribution >= 0.6 is 0 Å². The Labute approximate surface area is 246 Å². The Balaban J connectivity index is 1.57. The number of carbonyl (C=O) groups is 3. The van der Waals surface area contributed by atoms with Crippen molar-refractivity contribution in [3.8, 4) is 5.75 Å². The smallest absolute Gasteiger partial charge is 0.328 e. The van der Waals surface area contributed by atoms with Crippen molar-refractivity contribution in [1.29, 1.82) is 0 Å². The highest BCUT2D eigenvalue weighted by molar-refractivity contribution is 7.92. The molecule has 1 aromatic heterocycles. The molecule has 15 nitrogen and oxygen atoms in total. The van der Waals surface area contributed by atoms with Crippen LogP contribution in [0.15, 0.2) is 53.4 Å². The molecular weight excluding hydrogens is 584 g/mol. The number of benzene rings is 2. The molecule has 0 radical (unpaired) electrons. The summed E-state index contributed by atoms with van der Waals surface area (Å²) in [4.78, 5) is 55.8. The number of ether oxygens (including phenoxy) is 1. The summed E-state index contributed by atoms with van der Waals surface area (Å²) in [7, 11) is -3.99. The molecule has 0 aliphatic rings. The van der Waals surface area contributed by atoms with Gasteiger partial charge < -0.3 is 20.5 Å². The summed E-state index contributed by atoms with van der Waals surface area (Å²) in [5.41, 5.74) is 1.21. The fourth-order valence-corrected chi connectivity index (χ4v) is 4.84. The zero-order valence-corrected chi connectivity index (χ0v) is 24.3. The highest BCUT2D eigenvalue weighted by Gasteiger charge is 2.25. The number of amides is 2. The van der Waals surface area contributed by atoms with Crippen molar-refractivity contribution in [2.45, 2.75) is 51.0 Å². The number of hydrogen-bond acceptors (Lipinski definition) is 11. The van der Waals surface area contributed by atoms with Crippen LogP contribution in [0.1, 0.15) is 36.7 Å². The van der Waals surface area contributed by atoms with Gasteiger partial charge in [0.25, 0.3) is 10.0 Å². The molecule has 2 amide bonds. The van der Waals surface area contributed by atoms with Crippen LogP contribution in [0.4, 0.5) is 17.3 Å². The molecule has 0 saturated carbocycles. The Hall–Kier alpha value is -5.12. The first-order valence-corrected chi connectivity index (χ1v) is 14.4. The van der Waals surface area contributed by atoms with E-state index in [4.69, 9.17) is 4.74 Å². The van der Waals surface area contributed by atoms with Gasteiger partial charge in [0.05, 0.1) is 16.4 Å². The molecule has 3 rings (SSSR count). The van der Waals surface area contributed by atoms with Crippen LogP contribution in [0.2, 0.25) is 0 Å². The maximum Gasteiger partial charge on any atom is 0.328 e. The van der Waals surface area contributed by atoms with Gasteiger partial charge >= 0.3 is 11.7 Å². The van der Waals surface area contributed by atoms with Crippen molar-refractivity contribution in [3.63, 3.8) is 0 Å². The average molecular weight is 615 g/mol. The lowest BCUT2D eigenvalue weighted by molar-refractivity contribution is -0.385. The van der Waals surface area contributed by atoms with E-state index >= 15 is 0 Å². The van der Waals surface area contributed by atoms with E-state index in [-0.39, 0.29) is 42.4 Å². The molecule has 43 heavy (non-hydrogen) atoms. The molecule has 3 aromatic rings. The number of nitrogens with one attached hydrogen (secondary N) is 3. The van der Waals surface area contributed by atoms with Gasteiger partial charge in [0.15, 0.2) is 5.75 Å². The van der Waals surface area contributed by atoms with Gasteiger partial charge in [-0.2, -0.15) is 0 Å². The van der Waals surface area contributed by atoms with Crippen LogP contribution in [-0.4, -0.2) is 58.8 Å². The van der Waals surface area contributed by atoms with Gasteiger partial charge in [0.2, 0.25) is 17.8 Å². The van der Waals surface area contributed by atoms with Gasteiger partial charge in [-0.1, -0.05) is 6.07 Å². The summed E-state index contributed by atoms with van der Waals surface area (Å²) in [5, 5.41) is 25.8. The standard InChI is InChI=1S/C27H30N6O9S/c1-4-42-26(37)21(14-18-5-10-23(34)22(15-18)33(38)39)31-25(36)12-11-24(35)30-19-6-8-20(9-7-19)43(40,41)32-27-28-16(2)13-17(3)29-27/h5-10,13,15,21,34H,4,11-12,14H2,1-3H3,(H,30,35)(H,31,36)(H,28,29,32). The van der Waals surface area contributed by atoms with Crippen molar-refractivity contribution in [2.75, 3.05) is 16.6 Å². The number of nitro benzene ring substituents is 1. The number of carbonyl (C=O) groups excluding carboxylic acids is 3. The van der Waals surface area contributed by atoms with Crippen LogP contribution in [0.5, 0.6) is 5.75 Å². The molecule has 0 spiro atoms. The van der Waals surface area contributed by atoms with E-state index in [9.17, 15) is 38.0 Å². The van der Waals surface area contributed by atoms with Crippen molar-refractivity contribution in [1.82, 2.24) is 15.3 Å². The first-order valence-electron chi connectivity index (χ1n) is 12.9. The monoisotopic (exact) mass is 614 g/mol. The summed E-state index contributed by atoms with van der Waals surface area (Å²) in [5.74, 6) is -2.58. The van der Waals surface area contributed by atoms with E-state index in [1.54, 1.807) is 26.8 Å². The Kier molecular flexibility index (Phi) is 10.7. The number of phenolic OH excluding ortho intramolecular Hbond substituents is 1. The minimum atomic E-state index is -3.99. The maximum absolute atomic E-state index is 12.7. The molecule has 0 saturated heterocycles. The highest BCUT2D eigenvalue weighted by atomic mass is 32.2. The van der Waals surface area contributed by atoms with E-state index < -0.39 is 50.2 Å². The van der Waals surface area contributed by atoms with Gasteiger partial charge in [0.1, 0.15) is 6.04 Å². The zero-order chi connectivity index (χ0) is 31.7. The number of aromatic hydroxyl groups is 1. The van der Waals surface area contributed by atoms with Crippen molar-refractivity contribution < 1.29 is 37.6 Å². The molecule has 0 aliphatic carbocycles. The molecule has 0 fully saturated rings. The van der Waals surface area contributed by atoms with Crippen LogP contribution in [0.25, 0.3) is 0 Å². The van der Waals surface area contributed by atoms with E-state index in [1.165, 1.54) is 30.3 Å². The number of aryl methyl sites for hydroxylation is 2. The van der Waals surface area contributed by atoms with Gasteiger partial charge in [-0.3, -0.25) is 19.7 Å². The number of esters is 1. The lowest BCUT2D eigenvalue weighted by Crippen LogP contribution is -2.43. The third-order valence-corrected chi connectivity index (χ3v) is 7.16. The summed E-state index contributed by atoms with van der Waals surface area (Å²) in [6.07, 6.45) is -0.723. The first kappa shape index (κ1) is 32.4. The van der Waals surface area contributed by atoms with Crippen LogP contribution in [0.3, 0.4) is 0 Å². The van der Waals surface area contributed by atoms with Gasteiger partial charge in [-0.15, -0.1) is 0 Å². The lowest BCUT2D eigenvalue weighted by atomic mass is 10.0. The summed E-state index contributed by atoms with van der Waals surface area (Å²) >= 11 is 0. The zero-order valence-electron chi connectivity index (χ0n) is 23.5. The molecule has 0 aliphatic heterocycles. The van der Waals surface area contributed by atoms with Gasteiger partial charge in [-0.25, -0.2) is 27.9 Å². The molecule has 0 bridgehead atoms. The van der Waals surface area contributed by atoms with Crippen LogP contribution in [0, 0.1) is 24.0 Å². The average Bonchev–Trinajstić information content (AvgIpc) is 2.92.